The molecule has 2 aliphatic rings. The number of rotatable bonds is 3. The quantitative estimate of drug-likeness (QED) is 0.840. The van der Waals surface area contributed by atoms with E-state index in [0.29, 0.717) is 29.4 Å². The van der Waals surface area contributed by atoms with Gasteiger partial charge < -0.3 is 9.64 Å². The normalized spacial score (nSPS) is 18.6. The molecule has 116 valence electrons. The summed E-state index contributed by atoms with van der Waals surface area (Å²) in [5.74, 6) is 0.224. The zero-order valence-corrected chi connectivity index (χ0v) is 13.3. The summed E-state index contributed by atoms with van der Waals surface area (Å²) in [7, 11) is 1.48. The van der Waals surface area contributed by atoms with Crippen molar-refractivity contribution in [2.24, 2.45) is 0 Å². The lowest BCUT2D eigenvalue weighted by molar-refractivity contribution is -0.128. The molecule has 0 aliphatic carbocycles. The van der Waals surface area contributed by atoms with E-state index in [0.717, 1.165) is 11.8 Å². The number of hydrogen-bond acceptors (Lipinski definition) is 5. The van der Waals surface area contributed by atoms with Crippen molar-refractivity contribution in [3.63, 3.8) is 0 Å². The molecule has 2 saturated heterocycles. The maximum absolute atomic E-state index is 12.5. The molecule has 0 atom stereocenters. The van der Waals surface area contributed by atoms with Gasteiger partial charge in [0, 0.05) is 18.1 Å². The Kier molecular flexibility index (Phi) is 4.01. The average Bonchev–Trinajstić information content (AvgIpc) is 2.77. The SMILES string of the molecule is COc1ccc(Cl)cc1C(=O)N1CC(N2C(=O)CSC2=O)C1. The van der Waals surface area contributed by atoms with Crippen LogP contribution in [0.2, 0.25) is 5.02 Å². The molecule has 0 bridgehead atoms. The van der Waals surface area contributed by atoms with Crippen LogP contribution in [0.1, 0.15) is 10.4 Å². The molecule has 6 nitrogen and oxygen atoms in total. The summed E-state index contributed by atoms with van der Waals surface area (Å²) in [6.45, 7) is 0.680. The van der Waals surface area contributed by atoms with Gasteiger partial charge in [0.2, 0.25) is 5.91 Å². The molecule has 1 aromatic rings. The van der Waals surface area contributed by atoms with Gasteiger partial charge in [-0.3, -0.25) is 19.3 Å². The number of halogens is 1. The molecule has 0 spiro atoms. The predicted octanol–water partition coefficient (Wildman–Crippen LogP) is 1.87. The van der Waals surface area contributed by atoms with Gasteiger partial charge in [-0.2, -0.15) is 0 Å². The average molecular weight is 341 g/mol. The maximum atomic E-state index is 12.5. The van der Waals surface area contributed by atoms with Crippen molar-refractivity contribution in [3.8, 4) is 5.75 Å². The molecule has 0 radical (unpaired) electrons. The Bertz CT molecular complexity index is 644. The minimum absolute atomic E-state index is 0.186. The maximum Gasteiger partial charge on any atom is 0.289 e. The molecule has 2 heterocycles. The van der Waals surface area contributed by atoms with Crippen LogP contribution in [-0.4, -0.2) is 58.8 Å². The second-order valence-corrected chi connectivity index (χ2v) is 6.39. The zero-order chi connectivity index (χ0) is 15.9. The zero-order valence-electron chi connectivity index (χ0n) is 11.7. The number of carbonyl (C=O) groups is 3. The second kappa shape index (κ2) is 5.81. The first-order valence-corrected chi connectivity index (χ1v) is 7.99. The molecule has 3 amide bonds. The fourth-order valence-corrected chi connectivity index (χ4v) is 3.47. The van der Waals surface area contributed by atoms with Crippen LogP contribution in [0.3, 0.4) is 0 Å². The number of thioether (sulfide) groups is 1. The lowest BCUT2D eigenvalue weighted by atomic mass is 10.0. The van der Waals surface area contributed by atoms with E-state index in [4.69, 9.17) is 16.3 Å². The smallest absolute Gasteiger partial charge is 0.289 e. The Hall–Kier alpha value is -1.73. The Morgan fingerprint density at radius 3 is 2.68 bits per heavy atom. The van der Waals surface area contributed by atoms with Crippen molar-refractivity contribution in [2.75, 3.05) is 26.0 Å². The van der Waals surface area contributed by atoms with Crippen LogP contribution in [0.25, 0.3) is 0 Å². The fourth-order valence-electron chi connectivity index (χ4n) is 2.52. The largest absolute Gasteiger partial charge is 0.496 e. The summed E-state index contributed by atoms with van der Waals surface area (Å²) in [6, 6.07) is 4.60. The van der Waals surface area contributed by atoms with Gasteiger partial charge in [0.15, 0.2) is 0 Å². The summed E-state index contributed by atoms with van der Waals surface area (Å²) in [6.07, 6.45) is 0. The molecule has 0 aromatic heterocycles. The van der Waals surface area contributed by atoms with Gasteiger partial charge in [-0.1, -0.05) is 23.4 Å². The van der Waals surface area contributed by atoms with E-state index in [1.54, 1.807) is 23.1 Å². The van der Waals surface area contributed by atoms with Gasteiger partial charge >= 0.3 is 0 Å². The molecule has 3 rings (SSSR count). The Morgan fingerprint density at radius 2 is 2.09 bits per heavy atom. The van der Waals surface area contributed by atoms with Crippen LogP contribution in [-0.2, 0) is 4.79 Å². The highest BCUT2D eigenvalue weighted by Gasteiger charge is 2.43. The van der Waals surface area contributed by atoms with Crippen molar-refractivity contribution in [1.29, 1.82) is 0 Å². The summed E-state index contributed by atoms with van der Waals surface area (Å²) < 4.78 is 5.17. The summed E-state index contributed by atoms with van der Waals surface area (Å²) in [5, 5.41) is 0.213. The standard InChI is InChI=1S/C14H13ClN2O4S/c1-21-11-3-2-8(15)4-10(11)13(19)16-5-9(6-16)17-12(18)7-22-14(17)20/h2-4,9H,5-7H2,1H3. The summed E-state index contributed by atoms with van der Waals surface area (Å²) >= 11 is 6.93. The van der Waals surface area contributed by atoms with Crippen molar-refractivity contribution >= 4 is 40.4 Å². The van der Waals surface area contributed by atoms with E-state index in [1.807, 2.05) is 0 Å². The molecule has 0 unspecified atom stereocenters. The third kappa shape index (κ3) is 2.55. The number of carbonyl (C=O) groups excluding carboxylic acids is 3. The molecule has 22 heavy (non-hydrogen) atoms. The van der Waals surface area contributed by atoms with Crippen LogP contribution in [0, 0.1) is 0 Å². The van der Waals surface area contributed by atoms with Crippen molar-refractivity contribution < 1.29 is 19.1 Å². The fraction of sp³-hybridized carbons (Fsp3) is 0.357. The lowest BCUT2D eigenvalue weighted by Gasteiger charge is -2.42. The number of methoxy groups -OCH3 is 1. The molecule has 1 aromatic carbocycles. The number of hydrogen-bond donors (Lipinski definition) is 0. The van der Waals surface area contributed by atoms with Gasteiger partial charge in [-0.25, -0.2) is 0 Å². The highest BCUT2D eigenvalue weighted by atomic mass is 35.5. The van der Waals surface area contributed by atoms with Gasteiger partial charge in [-0.15, -0.1) is 0 Å². The predicted molar refractivity (Wildman–Crippen MR) is 82.4 cm³/mol. The van der Waals surface area contributed by atoms with E-state index >= 15 is 0 Å². The van der Waals surface area contributed by atoms with Crippen molar-refractivity contribution in [1.82, 2.24) is 9.80 Å². The lowest BCUT2D eigenvalue weighted by Crippen LogP contribution is -2.62. The first kappa shape index (κ1) is 15.2. The minimum atomic E-state index is -0.234. The topological polar surface area (TPSA) is 66.9 Å². The van der Waals surface area contributed by atoms with E-state index < -0.39 is 0 Å². The second-order valence-electron chi connectivity index (χ2n) is 5.03. The molecule has 2 aliphatic heterocycles. The van der Waals surface area contributed by atoms with E-state index in [1.165, 1.54) is 12.0 Å². The molecular formula is C14H13ClN2O4S. The number of imide groups is 1. The minimum Gasteiger partial charge on any atom is -0.496 e. The van der Waals surface area contributed by atoms with E-state index in [2.05, 4.69) is 0 Å². The van der Waals surface area contributed by atoms with Crippen LogP contribution >= 0.6 is 23.4 Å². The Morgan fingerprint density at radius 1 is 1.36 bits per heavy atom. The third-order valence-electron chi connectivity index (χ3n) is 3.69. The number of ether oxygens (including phenoxy) is 1. The Balaban J connectivity index is 1.70. The summed E-state index contributed by atoms with van der Waals surface area (Å²) in [4.78, 5) is 38.6. The first-order valence-electron chi connectivity index (χ1n) is 6.63. The highest BCUT2D eigenvalue weighted by molar-refractivity contribution is 8.14. The van der Waals surface area contributed by atoms with Crippen LogP contribution in [0.15, 0.2) is 18.2 Å². The summed E-state index contributed by atoms with van der Waals surface area (Å²) in [5.41, 5.74) is 0.377. The van der Waals surface area contributed by atoms with Gasteiger partial charge in [0.05, 0.1) is 24.5 Å². The monoisotopic (exact) mass is 340 g/mol. The van der Waals surface area contributed by atoms with Crippen LogP contribution in [0.5, 0.6) is 5.75 Å². The molecule has 0 N–H and O–H groups in total. The van der Waals surface area contributed by atoms with Crippen LogP contribution in [0.4, 0.5) is 4.79 Å². The number of benzene rings is 1. The Labute approximate surface area is 136 Å². The number of likely N-dealkylation sites (tertiary alicyclic amines) is 1. The van der Waals surface area contributed by atoms with E-state index in [9.17, 15) is 14.4 Å². The van der Waals surface area contributed by atoms with E-state index in [-0.39, 0.29) is 28.8 Å². The van der Waals surface area contributed by atoms with Crippen LogP contribution < -0.4 is 4.74 Å². The van der Waals surface area contributed by atoms with Gasteiger partial charge in [-0.05, 0) is 18.2 Å². The molecule has 0 saturated carbocycles. The number of amides is 3. The van der Waals surface area contributed by atoms with Gasteiger partial charge in [0.1, 0.15) is 5.75 Å². The van der Waals surface area contributed by atoms with Crippen molar-refractivity contribution in [3.05, 3.63) is 28.8 Å². The highest BCUT2D eigenvalue weighted by Crippen LogP contribution is 2.29. The van der Waals surface area contributed by atoms with Gasteiger partial charge in [0.25, 0.3) is 11.1 Å². The molecule has 2 fully saturated rings. The van der Waals surface area contributed by atoms with Crippen molar-refractivity contribution in [2.45, 2.75) is 6.04 Å². The first-order chi connectivity index (χ1) is 10.5. The third-order valence-corrected chi connectivity index (χ3v) is 4.76. The molecule has 8 heteroatoms. The molecular weight excluding hydrogens is 328 g/mol. The number of nitrogens with zero attached hydrogens (tertiary/aromatic N) is 2.